The zero-order chi connectivity index (χ0) is 20.1. The molecular formula is C21H23ClN2O3S. The number of rotatable bonds is 8. The quantitative estimate of drug-likeness (QED) is 0.296. The van der Waals surface area contributed by atoms with E-state index in [0.29, 0.717) is 45.9 Å². The highest BCUT2D eigenvalue weighted by Gasteiger charge is 2.13. The summed E-state index contributed by atoms with van der Waals surface area (Å²) < 4.78 is 12.7. The second-order valence-corrected chi connectivity index (χ2v) is 8.24. The number of hydrogen-bond acceptors (Lipinski definition) is 5. The summed E-state index contributed by atoms with van der Waals surface area (Å²) in [6, 6.07) is 12.7. The van der Waals surface area contributed by atoms with Crippen LogP contribution in [0.3, 0.4) is 0 Å². The molecule has 0 aliphatic carbocycles. The topological polar surface area (TPSA) is 53.4 Å². The first-order chi connectivity index (χ1) is 13.5. The van der Waals surface area contributed by atoms with Crippen molar-refractivity contribution in [2.45, 2.75) is 25.5 Å². The summed E-state index contributed by atoms with van der Waals surface area (Å²) in [5.41, 5.74) is 0.604. The fraction of sp³-hybridized carbons (Fsp3) is 0.333. The van der Waals surface area contributed by atoms with Crippen molar-refractivity contribution in [3.05, 3.63) is 57.8 Å². The molecule has 0 atom stereocenters. The third-order valence-electron chi connectivity index (χ3n) is 4.07. The van der Waals surface area contributed by atoms with E-state index in [1.54, 1.807) is 29.9 Å². The average Bonchev–Trinajstić information content (AvgIpc) is 2.68. The van der Waals surface area contributed by atoms with Gasteiger partial charge < -0.3 is 9.47 Å². The Labute approximate surface area is 173 Å². The molecule has 0 fully saturated rings. The number of benzene rings is 2. The van der Waals surface area contributed by atoms with Crippen molar-refractivity contribution < 1.29 is 9.47 Å². The highest BCUT2D eigenvalue weighted by Crippen LogP contribution is 2.22. The SMILES string of the molecule is COc1ccc(OCCSc2nc3ccc(Cl)cc3c(=O)n2CC(C)C)cc1. The van der Waals surface area contributed by atoms with Crippen molar-refractivity contribution in [1.82, 2.24) is 9.55 Å². The lowest BCUT2D eigenvalue weighted by Crippen LogP contribution is -2.25. The van der Waals surface area contributed by atoms with Crippen LogP contribution in [0.15, 0.2) is 52.4 Å². The van der Waals surface area contributed by atoms with Crippen LogP contribution in [0.1, 0.15) is 13.8 Å². The molecule has 0 saturated heterocycles. The summed E-state index contributed by atoms with van der Waals surface area (Å²) in [7, 11) is 1.63. The number of methoxy groups -OCH3 is 1. The van der Waals surface area contributed by atoms with Crippen LogP contribution in [-0.2, 0) is 6.54 Å². The molecule has 1 aromatic heterocycles. The summed E-state index contributed by atoms with van der Waals surface area (Å²) in [5, 5.41) is 1.79. The number of nitrogens with zero attached hydrogens (tertiary/aromatic N) is 2. The number of halogens is 1. The molecule has 1 heterocycles. The molecule has 0 bridgehead atoms. The van der Waals surface area contributed by atoms with Crippen LogP contribution in [-0.4, -0.2) is 29.0 Å². The molecule has 0 saturated carbocycles. The average molecular weight is 419 g/mol. The highest BCUT2D eigenvalue weighted by molar-refractivity contribution is 7.99. The van der Waals surface area contributed by atoms with E-state index in [0.717, 1.165) is 11.5 Å². The van der Waals surface area contributed by atoms with Crippen LogP contribution < -0.4 is 15.0 Å². The summed E-state index contributed by atoms with van der Waals surface area (Å²) in [6.45, 7) is 5.27. The molecule has 2 aromatic carbocycles. The first kappa shape index (κ1) is 20.6. The number of hydrogen-bond donors (Lipinski definition) is 0. The van der Waals surface area contributed by atoms with Crippen LogP contribution >= 0.6 is 23.4 Å². The molecule has 0 aliphatic rings. The monoisotopic (exact) mass is 418 g/mol. The maximum atomic E-state index is 13.0. The van der Waals surface area contributed by atoms with Crippen molar-refractivity contribution in [3.63, 3.8) is 0 Å². The Balaban J connectivity index is 1.75. The van der Waals surface area contributed by atoms with Crippen LogP contribution in [0, 0.1) is 5.92 Å². The second kappa shape index (κ2) is 9.34. The third kappa shape index (κ3) is 5.00. The van der Waals surface area contributed by atoms with E-state index in [-0.39, 0.29) is 5.56 Å². The number of fused-ring (bicyclic) bond motifs is 1. The van der Waals surface area contributed by atoms with E-state index in [1.807, 2.05) is 24.3 Å². The molecule has 0 unspecified atom stereocenters. The van der Waals surface area contributed by atoms with Gasteiger partial charge in [0.25, 0.3) is 5.56 Å². The molecule has 0 radical (unpaired) electrons. The second-order valence-electron chi connectivity index (χ2n) is 6.74. The van der Waals surface area contributed by atoms with Crippen molar-refractivity contribution in [2.24, 2.45) is 5.92 Å². The molecule has 3 aromatic rings. The highest BCUT2D eigenvalue weighted by atomic mass is 35.5. The van der Waals surface area contributed by atoms with Crippen LogP contribution in [0.25, 0.3) is 10.9 Å². The first-order valence-corrected chi connectivity index (χ1v) is 10.4. The van der Waals surface area contributed by atoms with E-state index in [4.69, 9.17) is 26.1 Å². The van der Waals surface area contributed by atoms with Gasteiger partial charge in [0, 0.05) is 17.3 Å². The molecule has 0 aliphatic heterocycles. The Morgan fingerprint density at radius 2 is 1.86 bits per heavy atom. The van der Waals surface area contributed by atoms with Gasteiger partial charge >= 0.3 is 0 Å². The molecule has 0 amide bonds. The van der Waals surface area contributed by atoms with Crippen molar-refractivity contribution in [1.29, 1.82) is 0 Å². The summed E-state index contributed by atoms with van der Waals surface area (Å²) >= 11 is 7.58. The lowest BCUT2D eigenvalue weighted by atomic mass is 10.2. The zero-order valence-electron chi connectivity index (χ0n) is 16.1. The van der Waals surface area contributed by atoms with E-state index < -0.39 is 0 Å². The maximum absolute atomic E-state index is 13.0. The van der Waals surface area contributed by atoms with E-state index >= 15 is 0 Å². The third-order valence-corrected chi connectivity index (χ3v) is 5.25. The molecule has 0 N–H and O–H groups in total. The normalized spacial score (nSPS) is 11.2. The fourth-order valence-corrected chi connectivity index (χ4v) is 3.77. The zero-order valence-corrected chi connectivity index (χ0v) is 17.7. The molecule has 5 nitrogen and oxygen atoms in total. The van der Waals surface area contributed by atoms with Gasteiger partial charge in [0.05, 0.1) is 24.6 Å². The fourth-order valence-electron chi connectivity index (χ4n) is 2.77. The molecule has 28 heavy (non-hydrogen) atoms. The van der Waals surface area contributed by atoms with Gasteiger partial charge in [-0.25, -0.2) is 4.98 Å². The Morgan fingerprint density at radius 3 is 2.54 bits per heavy atom. The summed E-state index contributed by atoms with van der Waals surface area (Å²) in [5.74, 6) is 2.57. The van der Waals surface area contributed by atoms with Gasteiger partial charge in [-0.3, -0.25) is 9.36 Å². The largest absolute Gasteiger partial charge is 0.497 e. The predicted molar refractivity (Wildman–Crippen MR) is 115 cm³/mol. The minimum absolute atomic E-state index is 0.0558. The van der Waals surface area contributed by atoms with Crippen LogP contribution in [0.2, 0.25) is 5.02 Å². The van der Waals surface area contributed by atoms with Gasteiger partial charge in [-0.1, -0.05) is 37.2 Å². The molecular weight excluding hydrogens is 396 g/mol. The minimum Gasteiger partial charge on any atom is -0.497 e. The number of ether oxygens (including phenoxy) is 2. The van der Waals surface area contributed by atoms with Crippen LogP contribution in [0.4, 0.5) is 0 Å². The number of aromatic nitrogens is 2. The van der Waals surface area contributed by atoms with Gasteiger partial charge in [-0.15, -0.1) is 0 Å². The molecule has 3 rings (SSSR count). The van der Waals surface area contributed by atoms with Gasteiger partial charge in [-0.2, -0.15) is 0 Å². The maximum Gasteiger partial charge on any atom is 0.262 e. The Kier molecular flexibility index (Phi) is 6.86. The van der Waals surface area contributed by atoms with E-state index in [2.05, 4.69) is 13.8 Å². The van der Waals surface area contributed by atoms with Gasteiger partial charge in [0.1, 0.15) is 11.5 Å². The molecule has 0 spiro atoms. The lowest BCUT2D eigenvalue weighted by molar-refractivity contribution is 0.342. The Bertz CT molecular complexity index is 1000. The number of thioether (sulfide) groups is 1. The van der Waals surface area contributed by atoms with Crippen molar-refractivity contribution in [2.75, 3.05) is 19.5 Å². The van der Waals surface area contributed by atoms with E-state index in [1.165, 1.54) is 11.8 Å². The lowest BCUT2D eigenvalue weighted by Gasteiger charge is -2.15. The Hall–Kier alpha value is -2.18. The predicted octanol–water partition coefficient (Wildman–Crippen LogP) is 4.89. The standard InChI is InChI=1S/C21H23ClN2O3S/c1-14(2)13-24-20(25)18-12-15(22)4-9-19(18)23-21(24)28-11-10-27-17-7-5-16(26-3)6-8-17/h4-9,12,14H,10-11,13H2,1-3H3. The van der Waals surface area contributed by atoms with Crippen molar-refractivity contribution >= 4 is 34.3 Å². The van der Waals surface area contributed by atoms with Gasteiger partial charge in [0.15, 0.2) is 5.16 Å². The smallest absolute Gasteiger partial charge is 0.262 e. The summed E-state index contributed by atoms with van der Waals surface area (Å²) in [6.07, 6.45) is 0. The van der Waals surface area contributed by atoms with Gasteiger partial charge in [0.2, 0.25) is 0 Å². The van der Waals surface area contributed by atoms with Crippen molar-refractivity contribution in [3.8, 4) is 11.5 Å². The van der Waals surface area contributed by atoms with Gasteiger partial charge in [-0.05, 0) is 48.4 Å². The Morgan fingerprint density at radius 1 is 1.14 bits per heavy atom. The minimum atomic E-state index is -0.0558. The van der Waals surface area contributed by atoms with E-state index in [9.17, 15) is 4.79 Å². The summed E-state index contributed by atoms with van der Waals surface area (Å²) in [4.78, 5) is 17.7. The molecule has 148 valence electrons. The van der Waals surface area contributed by atoms with Crippen LogP contribution in [0.5, 0.6) is 11.5 Å². The molecule has 7 heteroatoms. The first-order valence-electron chi connectivity index (χ1n) is 9.07.